The standard InChI is InChI=1S/C13H18O3S/c1-9-10-6-4-5-7-11(10)17(15,16)8-13(2,3)12(9)14/h4-7,9,12,14H,8H2,1-3H3/t9-,12?/m1/s1. The zero-order valence-corrected chi connectivity index (χ0v) is 11.2. The highest BCUT2D eigenvalue weighted by atomic mass is 32.2. The van der Waals surface area contributed by atoms with Crippen LogP contribution in [0.2, 0.25) is 0 Å². The summed E-state index contributed by atoms with van der Waals surface area (Å²) in [6.07, 6.45) is -0.652. The van der Waals surface area contributed by atoms with Crippen LogP contribution in [0.4, 0.5) is 0 Å². The van der Waals surface area contributed by atoms with E-state index < -0.39 is 21.4 Å². The molecular weight excluding hydrogens is 236 g/mol. The van der Waals surface area contributed by atoms with Crippen molar-refractivity contribution in [3.05, 3.63) is 29.8 Å². The van der Waals surface area contributed by atoms with Crippen LogP contribution in [0.25, 0.3) is 0 Å². The van der Waals surface area contributed by atoms with Crippen molar-refractivity contribution in [2.45, 2.75) is 37.7 Å². The monoisotopic (exact) mass is 254 g/mol. The first-order valence-corrected chi connectivity index (χ1v) is 7.41. The molecule has 0 spiro atoms. The third kappa shape index (κ3) is 2.00. The summed E-state index contributed by atoms with van der Waals surface area (Å²) >= 11 is 0. The van der Waals surface area contributed by atoms with Gasteiger partial charge in [0.05, 0.1) is 16.8 Å². The van der Waals surface area contributed by atoms with E-state index in [1.54, 1.807) is 32.0 Å². The predicted octanol–water partition coefficient (Wildman–Crippen LogP) is 1.96. The predicted molar refractivity (Wildman–Crippen MR) is 66.7 cm³/mol. The van der Waals surface area contributed by atoms with Crippen LogP contribution < -0.4 is 0 Å². The Morgan fingerprint density at radius 3 is 2.53 bits per heavy atom. The first-order chi connectivity index (χ1) is 7.76. The van der Waals surface area contributed by atoms with Gasteiger partial charge in [-0.25, -0.2) is 8.42 Å². The number of hydrogen-bond donors (Lipinski definition) is 1. The number of sulfone groups is 1. The van der Waals surface area contributed by atoms with Crippen molar-refractivity contribution in [3.8, 4) is 0 Å². The number of benzene rings is 1. The van der Waals surface area contributed by atoms with Gasteiger partial charge in [0.1, 0.15) is 0 Å². The molecule has 0 fully saturated rings. The Hall–Kier alpha value is -0.870. The molecule has 1 aliphatic heterocycles. The minimum atomic E-state index is -3.31. The van der Waals surface area contributed by atoms with Gasteiger partial charge in [-0.3, -0.25) is 0 Å². The molecule has 17 heavy (non-hydrogen) atoms. The molecule has 4 heteroatoms. The maximum Gasteiger partial charge on any atom is 0.179 e. The van der Waals surface area contributed by atoms with Crippen molar-refractivity contribution in [3.63, 3.8) is 0 Å². The Kier molecular flexibility index (Phi) is 2.83. The Bertz CT molecular complexity index is 531. The van der Waals surface area contributed by atoms with Gasteiger partial charge in [-0.05, 0) is 11.6 Å². The van der Waals surface area contributed by atoms with E-state index in [1.165, 1.54) is 0 Å². The van der Waals surface area contributed by atoms with E-state index in [0.717, 1.165) is 5.56 Å². The molecule has 0 radical (unpaired) electrons. The molecule has 1 aromatic carbocycles. The van der Waals surface area contributed by atoms with Crippen LogP contribution in [0, 0.1) is 5.41 Å². The van der Waals surface area contributed by atoms with E-state index in [0.29, 0.717) is 4.90 Å². The highest BCUT2D eigenvalue weighted by Gasteiger charge is 2.42. The van der Waals surface area contributed by atoms with Crippen molar-refractivity contribution >= 4 is 9.84 Å². The number of aliphatic hydroxyl groups excluding tert-OH is 1. The Balaban J connectivity index is 2.70. The summed E-state index contributed by atoms with van der Waals surface area (Å²) in [4.78, 5) is 0.372. The lowest BCUT2D eigenvalue weighted by Crippen LogP contribution is -2.36. The van der Waals surface area contributed by atoms with Crippen LogP contribution in [0.1, 0.15) is 32.3 Å². The van der Waals surface area contributed by atoms with Crippen LogP contribution in [-0.2, 0) is 9.84 Å². The summed E-state index contributed by atoms with van der Waals surface area (Å²) in [6.45, 7) is 5.49. The molecule has 0 saturated heterocycles. The third-order valence-corrected chi connectivity index (χ3v) is 5.75. The van der Waals surface area contributed by atoms with Crippen LogP contribution >= 0.6 is 0 Å². The van der Waals surface area contributed by atoms with E-state index in [4.69, 9.17) is 0 Å². The van der Waals surface area contributed by atoms with Crippen LogP contribution in [0.15, 0.2) is 29.2 Å². The Morgan fingerprint density at radius 1 is 1.29 bits per heavy atom. The topological polar surface area (TPSA) is 54.4 Å². The van der Waals surface area contributed by atoms with Gasteiger partial charge in [0.15, 0.2) is 9.84 Å². The third-order valence-electron chi connectivity index (χ3n) is 3.58. The second kappa shape index (κ2) is 3.82. The molecule has 1 heterocycles. The quantitative estimate of drug-likeness (QED) is 0.770. The summed E-state index contributed by atoms with van der Waals surface area (Å²) in [6, 6.07) is 6.97. The van der Waals surface area contributed by atoms with E-state index in [-0.39, 0.29) is 11.7 Å². The molecule has 0 saturated carbocycles. The minimum Gasteiger partial charge on any atom is -0.392 e. The van der Waals surface area contributed by atoms with Crippen molar-refractivity contribution < 1.29 is 13.5 Å². The number of aliphatic hydroxyl groups is 1. The van der Waals surface area contributed by atoms with Gasteiger partial charge in [-0.15, -0.1) is 0 Å². The van der Waals surface area contributed by atoms with Crippen LogP contribution in [0.3, 0.4) is 0 Å². The highest BCUT2D eigenvalue weighted by Crippen LogP contribution is 2.40. The van der Waals surface area contributed by atoms with Crippen molar-refractivity contribution in [2.75, 3.05) is 5.75 Å². The van der Waals surface area contributed by atoms with Gasteiger partial charge < -0.3 is 5.11 Å². The molecule has 1 aliphatic rings. The number of rotatable bonds is 0. The molecule has 2 rings (SSSR count). The first-order valence-electron chi connectivity index (χ1n) is 5.75. The highest BCUT2D eigenvalue weighted by molar-refractivity contribution is 7.91. The SMILES string of the molecule is C[C@@H]1c2ccccc2S(=O)(=O)CC(C)(C)C1O. The van der Waals surface area contributed by atoms with Crippen molar-refractivity contribution in [1.82, 2.24) is 0 Å². The fraction of sp³-hybridized carbons (Fsp3) is 0.538. The lowest BCUT2D eigenvalue weighted by Gasteiger charge is -2.31. The van der Waals surface area contributed by atoms with Crippen LogP contribution in [-0.4, -0.2) is 25.4 Å². The zero-order chi connectivity index (χ0) is 12.8. The molecule has 94 valence electrons. The Morgan fingerprint density at radius 2 is 1.88 bits per heavy atom. The Labute approximate surface area is 102 Å². The molecule has 0 amide bonds. The van der Waals surface area contributed by atoms with E-state index in [2.05, 4.69) is 0 Å². The van der Waals surface area contributed by atoms with Gasteiger partial charge in [-0.2, -0.15) is 0 Å². The van der Waals surface area contributed by atoms with Gasteiger partial charge >= 0.3 is 0 Å². The van der Waals surface area contributed by atoms with Gasteiger partial charge in [-0.1, -0.05) is 39.0 Å². The minimum absolute atomic E-state index is 0.0114. The summed E-state index contributed by atoms with van der Waals surface area (Å²) < 4.78 is 24.6. The van der Waals surface area contributed by atoms with E-state index >= 15 is 0 Å². The molecule has 0 aromatic heterocycles. The number of fused-ring (bicyclic) bond motifs is 1. The summed E-state index contributed by atoms with van der Waals surface area (Å²) in [7, 11) is -3.31. The van der Waals surface area contributed by atoms with Gasteiger partial charge in [0.2, 0.25) is 0 Å². The lowest BCUT2D eigenvalue weighted by molar-refractivity contribution is 0.0465. The van der Waals surface area contributed by atoms with Crippen LogP contribution in [0.5, 0.6) is 0 Å². The second-order valence-electron chi connectivity index (χ2n) is 5.52. The first kappa shape index (κ1) is 12.6. The normalized spacial score (nSPS) is 30.4. The molecule has 1 aromatic rings. The average Bonchev–Trinajstić information content (AvgIpc) is 2.29. The second-order valence-corrected chi connectivity index (χ2v) is 7.48. The summed E-state index contributed by atoms with van der Waals surface area (Å²) in [5.41, 5.74) is 0.0997. The average molecular weight is 254 g/mol. The fourth-order valence-electron chi connectivity index (χ4n) is 2.64. The molecule has 1 N–H and O–H groups in total. The van der Waals surface area contributed by atoms with Gasteiger partial charge in [0.25, 0.3) is 0 Å². The van der Waals surface area contributed by atoms with Gasteiger partial charge in [0, 0.05) is 11.3 Å². The number of hydrogen-bond acceptors (Lipinski definition) is 3. The maximum atomic E-state index is 12.3. The molecule has 1 unspecified atom stereocenters. The largest absolute Gasteiger partial charge is 0.392 e. The van der Waals surface area contributed by atoms with Crippen molar-refractivity contribution in [2.24, 2.45) is 5.41 Å². The van der Waals surface area contributed by atoms with E-state index in [9.17, 15) is 13.5 Å². The molecule has 2 atom stereocenters. The molecule has 0 bridgehead atoms. The maximum absolute atomic E-state index is 12.3. The molecule has 0 aliphatic carbocycles. The van der Waals surface area contributed by atoms with Crippen molar-refractivity contribution in [1.29, 1.82) is 0 Å². The van der Waals surface area contributed by atoms with E-state index in [1.807, 2.05) is 13.0 Å². The smallest absolute Gasteiger partial charge is 0.179 e. The summed E-state index contributed by atoms with van der Waals surface area (Å²) in [5, 5.41) is 10.3. The lowest BCUT2D eigenvalue weighted by atomic mass is 9.79. The molecule has 3 nitrogen and oxygen atoms in total. The fourth-order valence-corrected chi connectivity index (χ4v) is 4.84. The summed E-state index contributed by atoms with van der Waals surface area (Å²) in [5.74, 6) is -0.179. The zero-order valence-electron chi connectivity index (χ0n) is 10.3. The molecular formula is C13H18O3S.